The third-order valence-electron chi connectivity index (χ3n) is 2.96. The first kappa shape index (κ1) is 12.9. The second-order valence-corrected chi connectivity index (χ2v) is 4.71. The molecular weight excluding hydrogens is 242 g/mol. The Morgan fingerprint density at radius 3 is 2.94 bits per heavy atom. The summed E-state index contributed by atoms with van der Waals surface area (Å²) in [7, 11) is 3.39. The van der Waals surface area contributed by atoms with E-state index in [9.17, 15) is 13.6 Å². The van der Waals surface area contributed by atoms with E-state index in [0.29, 0.717) is 6.54 Å². The molecule has 0 radical (unpaired) electrons. The van der Waals surface area contributed by atoms with Crippen molar-refractivity contribution in [1.29, 1.82) is 0 Å². The number of nitrogens with one attached hydrogen (secondary N) is 1. The first-order valence-electron chi connectivity index (χ1n) is 5.71. The van der Waals surface area contributed by atoms with Crippen LogP contribution in [-0.2, 0) is 18.4 Å². The summed E-state index contributed by atoms with van der Waals surface area (Å²) in [6, 6.07) is -0.790. The summed E-state index contributed by atoms with van der Waals surface area (Å²) < 4.78 is 27.6. The van der Waals surface area contributed by atoms with Crippen molar-refractivity contribution in [2.24, 2.45) is 7.05 Å². The van der Waals surface area contributed by atoms with Crippen molar-refractivity contribution in [3.8, 4) is 0 Å². The zero-order valence-corrected chi connectivity index (χ0v) is 10.4. The first-order chi connectivity index (χ1) is 8.37. The molecule has 2 heterocycles. The number of aryl methyl sites for hydroxylation is 1. The van der Waals surface area contributed by atoms with Gasteiger partial charge in [-0.15, -0.1) is 0 Å². The van der Waals surface area contributed by atoms with E-state index in [1.807, 2.05) is 0 Å². The highest BCUT2D eigenvalue weighted by Gasteiger charge is 2.43. The number of amides is 1. The van der Waals surface area contributed by atoms with Crippen LogP contribution in [0.1, 0.15) is 12.0 Å². The van der Waals surface area contributed by atoms with E-state index in [4.69, 9.17) is 0 Å². The third-order valence-corrected chi connectivity index (χ3v) is 2.96. The number of alkyl halides is 2. The molecule has 0 aromatic carbocycles. The molecule has 1 atom stereocenters. The van der Waals surface area contributed by atoms with E-state index in [1.54, 1.807) is 31.2 Å². The van der Waals surface area contributed by atoms with Gasteiger partial charge in [0.05, 0.1) is 18.8 Å². The molecule has 0 saturated carbocycles. The van der Waals surface area contributed by atoms with Gasteiger partial charge in [-0.05, 0) is 0 Å². The Morgan fingerprint density at radius 1 is 1.72 bits per heavy atom. The van der Waals surface area contributed by atoms with Gasteiger partial charge < -0.3 is 4.90 Å². The minimum atomic E-state index is -2.78. The number of aromatic nitrogens is 2. The molecule has 1 saturated heterocycles. The summed E-state index contributed by atoms with van der Waals surface area (Å²) in [5.74, 6) is -3.09. The van der Waals surface area contributed by atoms with Crippen molar-refractivity contribution in [1.82, 2.24) is 20.0 Å². The average molecular weight is 258 g/mol. The minimum Gasteiger partial charge on any atom is -0.340 e. The van der Waals surface area contributed by atoms with E-state index >= 15 is 0 Å². The van der Waals surface area contributed by atoms with Crippen LogP contribution in [-0.4, -0.2) is 46.1 Å². The number of carbonyl (C=O) groups excluding carboxylic acids is 1. The molecule has 1 fully saturated rings. The van der Waals surface area contributed by atoms with Gasteiger partial charge >= 0.3 is 0 Å². The van der Waals surface area contributed by atoms with Crippen molar-refractivity contribution < 1.29 is 13.6 Å². The summed E-state index contributed by atoms with van der Waals surface area (Å²) in [6.07, 6.45) is 3.02. The largest absolute Gasteiger partial charge is 0.340 e. The van der Waals surface area contributed by atoms with Crippen molar-refractivity contribution >= 4 is 5.91 Å². The van der Waals surface area contributed by atoms with Crippen LogP contribution in [0.2, 0.25) is 0 Å². The quantitative estimate of drug-likeness (QED) is 0.852. The molecule has 100 valence electrons. The van der Waals surface area contributed by atoms with Crippen LogP contribution in [0.4, 0.5) is 8.78 Å². The topological polar surface area (TPSA) is 50.2 Å². The minimum absolute atomic E-state index is 0.309. The second kappa shape index (κ2) is 4.64. The number of carbonyl (C=O) groups is 1. The maximum Gasteiger partial charge on any atom is 0.262 e. The maximum atomic E-state index is 13.0. The Bertz CT molecular complexity index is 446. The van der Waals surface area contributed by atoms with Crippen LogP contribution in [0, 0.1) is 0 Å². The first-order valence-corrected chi connectivity index (χ1v) is 5.71. The predicted molar refractivity (Wildman–Crippen MR) is 61.0 cm³/mol. The summed E-state index contributed by atoms with van der Waals surface area (Å²) in [4.78, 5) is 13.4. The van der Waals surface area contributed by atoms with Crippen LogP contribution in [0.3, 0.4) is 0 Å². The molecule has 2 rings (SSSR count). The molecule has 1 aromatic rings. The molecule has 1 N–H and O–H groups in total. The highest BCUT2D eigenvalue weighted by molar-refractivity contribution is 5.82. The van der Waals surface area contributed by atoms with E-state index in [0.717, 1.165) is 5.56 Å². The van der Waals surface area contributed by atoms with Crippen molar-refractivity contribution in [2.45, 2.75) is 24.9 Å². The van der Waals surface area contributed by atoms with Gasteiger partial charge in [-0.1, -0.05) is 0 Å². The van der Waals surface area contributed by atoms with Gasteiger partial charge in [-0.25, -0.2) is 8.78 Å². The van der Waals surface area contributed by atoms with Crippen LogP contribution in [0.15, 0.2) is 12.4 Å². The lowest BCUT2D eigenvalue weighted by atomic mass is 10.1. The van der Waals surface area contributed by atoms with Gasteiger partial charge in [0, 0.05) is 38.8 Å². The van der Waals surface area contributed by atoms with Crippen molar-refractivity contribution in [3.05, 3.63) is 18.0 Å². The van der Waals surface area contributed by atoms with Crippen molar-refractivity contribution in [3.63, 3.8) is 0 Å². The van der Waals surface area contributed by atoms with Crippen LogP contribution < -0.4 is 5.32 Å². The summed E-state index contributed by atoms with van der Waals surface area (Å²) in [5.41, 5.74) is 0.873. The van der Waals surface area contributed by atoms with Gasteiger partial charge in [0.1, 0.15) is 0 Å². The van der Waals surface area contributed by atoms with Crippen LogP contribution in [0.5, 0.6) is 0 Å². The van der Waals surface area contributed by atoms with Crippen LogP contribution >= 0.6 is 0 Å². The third kappa shape index (κ3) is 2.84. The lowest BCUT2D eigenvalue weighted by molar-refractivity contribution is -0.132. The molecule has 1 unspecified atom stereocenters. The Kier molecular flexibility index (Phi) is 3.34. The molecule has 18 heavy (non-hydrogen) atoms. The zero-order valence-electron chi connectivity index (χ0n) is 10.4. The molecule has 1 aromatic heterocycles. The second-order valence-electron chi connectivity index (χ2n) is 4.71. The molecule has 7 heteroatoms. The highest BCUT2D eigenvalue weighted by Crippen LogP contribution is 2.26. The van der Waals surface area contributed by atoms with E-state index in [-0.39, 0.29) is 5.91 Å². The molecular formula is C11H16F2N4O. The van der Waals surface area contributed by atoms with Gasteiger partial charge in [-0.2, -0.15) is 5.10 Å². The summed E-state index contributed by atoms with van der Waals surface area (Å²) in [6.45, 7) is -0.0550. The lowest BCUT2D eigenvalue weighted by Crippen LogP contribution is -2.41. The molecule has 5 nitrogen and oxygen atoms in total. The fourth-order valence-corrected chi connectivity index (χ4v) is 2.06. The van der Waals surface area contributed by atoms with Gasteiger partial charge in [0.2, 0.25) is 5.91 Å². The number of likely N-dealkylation sites (N-methyl/N-ethyl adjacent to an activating group) is 1. The maximum absolute atomic E-state index is 13.0. The molecule has 1 aliphatic heterocycles. The summed E-state index contributed by atoms with van der Waals surface area (Å²) in [5, 5.41) is 6.55. The number of hydrogen-bond donors (Lipinski definition) is 1. The number of nitrogens with zero attached hydrogens (tertiary/aromatic N) is 3. The SMILES string of the molecule is CN(Cc1cnn(C)c1)C(=O)C1CC(F)(F)CN1. The monoisotopic (exact) mass is 258 g/mol. The van der Waals surface area contributed by atoms with Crippen LogP contribution in [0.25, 0.3) is 0 Å². The number of halogens is 2. The van der Waals surface area contributed by atoms with E-state index in [2.05, 4.69) is 10.4 Å². The van der Waals surface area contributed by atoms with Gasteiger partial charge in [0.25, 0.3) is 5.92 Å². The Hall–Kier alpha value is -1.50. The molecule has 0 bridgehead atoms. The van der Waals surface area contributed by atoms with E-state index < -0.39 is 24.9 Å². The fourth-order valence-electron chi connectivity index (χ4n) is 2.06. The Labute approximate surface area is 104 Å². The molecule has 0 aliphatic carbocycles. The molecule has 1 amide bonds. The van der Waals surface area contributed by atoms with E-state index in [1.165, 1.54) is 4.90 Å². The molecule has 0 spiro atoms. The highest BCUT2D eigenvalue weighted by atomic mass is 19.3. The molecule has 1 aliphatic rings. The standard InChI is InChI=1S/C11H16F2N4O/c1-16(5-8-4-15-17(2)6-8)10(18)9-3-11(12,13)7-14-9/h4,6,9,14H,3,5,7H2,1-2H3. The fraction of sp³-hybridized carbons (Fsp3) is 0.636. The van der Waals surface area contributed by atoms with Crippen molar-refractivity contribution in [2.75, 3.05) is 13.6 Å². The number of rotatable bonds is 3. The normalized spacial score (nSPS) is 22.1. The summed E-state index contributed by atoms with van der Waals surface area (Å²) >= 11 is 0. The smallest absolute Gasteiger partial charge is 0.262 e. The Morgan fingerprint density at radius 2 is 2.44 bits per heavy atom. The zero-order chi connectivity index (χ0) is 13.3. The van der Waals surface area contributed by atoms with Gasteiger partial charge in [-0.3, -0.25) is 14.8 Å². The average Bonchev–Trinajstić information content (AvgIpc) is 2.83. The number of hydrogen-bond acceptors (Lipinski definition) is 3. The van der Waals surface area contributed by atoms with Gasteiger partial charge in [0.15, 0.2) is 0 Å². The lowest BCUT2D eigenvalue weighted by Gasteiger charge is -2.20. The Balaban J connectivity index is 1.93. The predicted octanol–water partition coefficient (Wildman–Crippen LogP) is 0.376.